The van der Waals surface area contributed by atoms with Crippen molar-refractivity contribution in [2.24, 2.45) is 7.05 Å². The van der Waals surface area contributed by atoms with Gasteiger partial charge in [-0.3, -0.25) is 24.0 Å². The molecule has 0 saturated carbocycles. The fraction of sp³-hybridized carbons (Fsp3) is 0.565. The summed E-state index contributed by atoms with van der Waals surface area (Å²) in [5.74, 6) is -0.763. The number of piperidine rings is 1. The highest BCUT2D eigenvalue weighted by Crippen LogP contribution is 2.28. The van der Waals surface area contributed by atoms with E-state index in [1.165, 1.54) is 9.13 Å². The predicted octanol–water partition coefficient (Wildman–Crippen LogP) is 1.76. The van der Waals surface area contributed by atoms with Gasteiger partial charge in [-0.25, -0.2) is 9.59 Å². The van der Waals surface area contributed by atoms with E-state index in [0.29, 0.717) is 30.5 Å². The summed E-state index contributed by atoms with van der Waals surface area (Å²) in [4.78, 5) is 53.1. The molecular formula is C23H31N5O5. The number of carbonyl (C=O) groups is 3. The quantitative estimate of drug-likeness (QED) is 0.704. The van der Waals surface area contributed by atoms with E-state index in [4.69, 9.17) is 4.74 Å². The number of likely N-dealkylation sites (N-methyl/N-ethyl adjacent to an activating group) is 1. The van der Waals surface area contributed by atoms with E-state index in [9.17, 15) is 19.2 Å². The first-order valence-corrected chi connectivity index (χ1v) is 11.2. The molecule has 1 N–H and O–H groups in total. The number of fused-ring (bicyclic) bond motifs is 1. The topological polar surface area (TPSA) is 106 Å². The second kappa shape index (κ2) is 8.24. The van der Waals surface area contributed by atoms with Gasteiger partial charge in [0.15, 0.2) is 0 Å². The Morgan fingerprint density at radius 1 is 1.15 bits per heavy atom. The van der Waals surface area contributed by atoms with E-state index in [1.54, 1.807) is 11.9 Å². The summed E-state index contributed by atoms with van der Waals surface area (Å²) in [6, 6.07) is 5.09. The Hall–Kier alpha value is -3.30. The van der Waals surface area contributed by atoms with Gasteiger partial charge in [0.05, 0.1) is 11.0 Å². The number of anilines is 1. The minimum Gasteiger partial charge on any atom is -0.444 e. The highest BCUT2D eigenvalue weighted by molar-refractivity contribution is 6.00. The monoisotopic (exact) mass is 457 g/mol. The number of hydrogen-bond donors (Lipinski definition) is 1. The van der Waals surface area contributed by atoms with Gasteiger partial charge in [0.2, 0.25) is 11.8 Å². The molecule has 3 amide bonds. The number of ether oxygens (including phenoxy) is 1. The first-order valence-electron chi connectivity index (χ1n) is 11.2. The third-order valence-corrected chi connectivity index (χ3v) is 6.36. The molecule has 3 heterocycles. The van der Waals surface area contributed by atoms with Crippen LogP contribution >= 0.6 is 0 Å². The van der Waals surface area contributed by atoms with Crippen LogP contribution in [0.2, 0.25) is 0 Å². The van der Waals surface area contributed by atoms with Crippen LogP contribution in [0.1, 0.15) is 46.1 Å². The highest BCUT2D eigenvalue weighted by Gasteiger charge is 2.33. The zero-order valence-electron chi connectivity index (χ0n) is 19.8. The normalized spacial score (nSPS) is 21.4. The summed E-state index contributed by atoms with van der Waals surface area (Å²) < 4.78 is 8.49. The van der Waals surface area contributed by atoms with E-state index in [0.717, 1.165) is 12.1 Å². The van der Waals surface area contributed by atoms with E-state index in [1.807, 2.05) is 46.0 Å². The van der Waals surface area contributed by atoms with Crippen LogP contribution in [0.4, 0.5) is 10.5 Å². The van der Waals surface area contributed by atoms with Gasteiger partial charge in [-0.15, -0.1) is 0 Å². The number of imidazole rings is 1. The molecule has 178 valence electrons. The molecule has 33 heavy (non-hydrogen) atoms. The number of benzene rings is 1. The molecule has 0 radical (unpaired) electrons. The molecule has 1 aromatic carbocycles. The number of aryl methyl sites for hydroxylation is 1. The van der Waals surface area contributed by atoms with Crippen molar-refractivity contribution in [3.05, 3.63) is 28.7 Å². The van der Waals surface area contributed by atoms with Crippen LogP contribution in [-0.4, -0.2) is 63.7 Å². The lowest BCUT2D eigenvalue weighted by molar-refractivity contribution is -0.135. The van der Waals surface area contributed by atoms with E-state index >= 15 is 0 Å². The molecule has 2 atom stereocenters. The van der Waals surface area contributed by atoms with Gasteiger partial charge in [0.1, 0.15) is 11.6 Å². The minimum absolute atomic E-state index is 0.115. The molecule has 2 aromatic rings. The first kappa shape index (κ1) is 22.9. The average Bonchev–Trinajstić information content (AvgIpc) is 3.31. The molecule has 0 spiro atoms. The number of nitrogens with one attached hydrogen (secondary N) is 1. The number of aromatic nitrogens is 2. The molecule has 0 aliphatic carbocycles. The minimum atomic E-state index is -0.709. The number of imide groups is 1. The number of nitrogens with zero attached hydrogens (tertiary/aromatic N) is 4. The maximum absolute atomic E-state index is 13.0. The Morgan fingerprint density at radius 3 is 2.55 bits per heavy atom. The van der Waals surface area contributed by atoms with Crippen LogP contribution in [0.3, 0.4) is 0 Å². The Bertz CT molecular complexity index is 1170. The summed E-state index contributed by atoms with van der Waals surface area (Å²) in [6.45, 7) is 6.73. The molecular weight excluding hydrogens is 426 g/mol. The third-order valence-electron chi connectivity index (χ3n) is 6.36. The van der Waals surface area contributed by atoms with Crippen LogP contribution in [0, 0.1) is 0 Å². The Morgan fingerprint density at radius 2 is 1.88 bits per heavy atom. The molecule has 0 bridgehead atoms. The van der Waals surface area contributed by atoms with Gasteiger partial charge >= 0.3 is 11.8 Å². The number of likely N-dealkylation sites (tertiary alicyclic amines) is 1. The fourth-order valence-electron chi connectivity index (χ4n) is 4.56. The van der Waals surface area contributed by atoms with Crippen LogP contribution in [-0.2, 0) is 21.4 Å². The third kappa shape index (κ3) is 4.34. The van der Waals surface area contributed by atoms with Crippen molar-refractivity contribution in [2.75, 3.05) is 25.0 Å². The molecule has 10 nitrogen and oxygen atoms in total. The molecule has 2 fully saturated rings. The fourth-order valence-corrected chi connectivity index (χ4v) is 4.56. The van der Waals surface area contributed by atoms with Crippen LogP contribution < -0.4 is 15.9 Å². The number of hydrogen-bond acceptors (Lipinski definition) is 6. The van der Waals surface area contributed by atoms with Gasteiger partial charge < -0.3 is 14.5 Å². The molecule has 2 aliphatic heterocycles. The van der Waals surface area contributed by atoms with Crippen LogP contribution in [0.25, 0.3) is 11.0 Å². The second-order valence-electron chi connectivity index (χ2n) is 9.83. The van der Waals surface area contributed by atoms with Gasteiger partial charge in [-0.2, -0.15) is 0 Å². The maximum Gasteiger partial charge on any atom is 0.410 e. The summed E-state index contributed by atoms with van der Waals surface area (Å²) in [6.07, 6.45) is 1.01. The van der Waals surface area contributed by atoms with E-state index < -0.39 is 17.6 Å². The number of carbonyl (C=O) groups excluding carboxylic acids is 3. The Balaban J connectivity index is 1.57. The van der Waals surface area contributed by atoms with Crippen molar-refractivity contribution in [3.8, 4) is 0 Å². The summed E-state index contributed by atoms with van der Waals surface area (Å²) >= 11 is 0. The lowest BCUT2D eigenvalue weighted by atomic mass is 10.1. The summed E-state index contributed by atoms with van der Waals surface area (Å²) in [5.41, 5.74) is 1.44. The summed E-state index contributed by atoms with van der Waals surface area (Å²) in [5, 5.41) is 2.33. The number of rotatable bonds is 3. The number of amides is 3. The van der Waals surface area contributed by atoms with Crippen molar-refractivity contribution in [1.82, 2.24) is 19.4 Å². The molecule has 10 heteroatoms. The second-order valence-corrected chi connectivity index (χ2v) is 9.83. The molecule has 4 rings (SSSR count). The van der Waals surface area contributed by atoms with Crippen molar-refractivity contribution < 1.29 is 19.1 Å². The maximum atomic E-state index is 13.0. The average molecular weight is 458 g/mol. The van der Waals surface area contributed by atoms with Crippen LogP contribution in [0.5, 0.6) is 0 Å². The molecule has 2 saturated heterocycles. The standard InChI is InChI=1S/C23H31N5O5/c1-23(2,3)33-22(32)27-11-10-15(13-27)25(4)14-6-7-16-18(12-14)26(5)21(31)28(16)17-8-9-19(29)24-20(17)30/h6-7,12,15,17H,8-11,13H2,1-5H3,(H,24,29,30). The van der Waals surface area contributed by atoms with E-state index in [-0.39, 0.29) is 30.2 Å². The van der Waals surface area contributed by atoms with Crippen molar-refractivity contribution in [2.45, 2.75) is 57.7 Å². The first-order chi connectivity index (χ1) is 15.5. The Kier molecular flexibility index (Phi) is 5.71. The highest BCUT2D eigenvalue weighted by atomic mass is 16.6. The largest absolute Gasteiger partial charge is 0.444 e. The lowest BCUT2D eigenvalue weighted by Crippen LogP contribution is -2.44. The zero-order valence-corrected chi connectivity index (χ0v) is 19.8. The van der Waals surface area contributed by atoms with Gasteiger partial charge in [-0.1, -0.05) is 0 Å². The van der Waals surface area contributed by atoms with Gasteiger partial charge in [0.25, 0.3) is 0 Å². The van der Waals surface area contributed by atoms with E-state index in [2.05, 4.69) is 10.2 Å². The zero-order chi connectivity index (χ0) is 24.1. The molecule has 1 aromatic heterocycles. The summed E-state index contributed by atoms with van der Waals surface area (Å²) in [7, 11) is 3.65. The molecule has 2 unspecified atom stereocenters. The Labute approximate surface area is 192 Å². The lowest BCUT2D eigenvalue weighted by Gasteiger charge is -2.28. The predicted molar refractivity (Wildman–Crippen MR) is 123 cm³/mol. The van der Waals surface area contributed by atoms with Crippen molar-refractivity contribution >= 4 is 34.6 Å². The van der Waals surface area contributed by atoms with Crippen LogP contribution in [0.15, 0.2) is 23.0 Å². The van der Waals surface area contributed by atoms with Crippen molar-refractivity contribution in [1.29, 1.82) is 0 Å². The van der Waals surface area contributed by atoms with Gasteiger partial charge in [-0.05, 0) is 51.8 Å². The smallest absolute Gasteiger partial charge is 0.410 e. The van der Waals surface area contributed by atoms with Crippen molar-refractivity contribution in [3.63, 3.8) is 0 Å². The van der Waals surface area contributed by atoms with Gasteiger partial charge in [0, 0.05) is 45.3 Å². The molecule has 2 aliphatic rings. The SMILES string of the molecule is CN(c1ccc2c(c1)n(C)c(=O)n2C1CCC(=O)NC1=O)C1CCN(C(=O)OC(C)(C)C)C1.